The number of nitrogens with two attached hydrogens (primary N) is 1. The van der Waals surface area contributed by atoms with Gasteiger partial charge < -0.3 is 10.3 Å². The fraction of sp³-hybridized carbons (Fsp3) is 0.273. The third kappa shape index (κ3) is 2.51. The van der Waals surface area contributed by atoms with Crippen molar-refractivity contribution in [3.63, 3.8) is 0 Å². The second kappa shape index (κ2) is 4.41. The third-order valence-electron chi connectivity index (χ3n) is 2.32. The van der Waals surface area contributed by atoms with Gasteiger partial charge in [0.1, 0.15) is 11.4 Å². The van der Waals surface area contributed by atoms with E-state index in [-0.39, 0.29) is 11.6 Å². The zero-order valence-corrected chi connectivity index (χ0v) is 9.40. The summed E-state index contributed by atoms with van der Waals surface area (Å²) in [5.74, 6) is 0.412. The predicted molar refractivity (Wildman–Crippen MR) is 57.3 cm³/mol. The summed E-state index contributed by atoms with van der Waals surface area (Å²) in [6.07, 6.45) is -3.40. The van der Waals surface area contributed by atoms with Crippen LogP contribution < -0.4 is 5.73 Å². The molecule has 0 aliphatic heterocycles. The SMILES string of the molecule is C[C@@H](N)c1cc(-c2ccnc(C(F)(F)F)c2)no1. The second-order valence-electron chi connectivity index (χ2n) is 3.83. The van der Waals surface area contributed by atoms with Crippen LogP contribution in [0.5, 0.6) is 0 Å². The van der Waals surface area contributed by atoms with Crippen molar-refractivity contribution >= 4 is 0 Å². The summed E-state index contributed by atoms with van der Waals surface area (Å²) in [5, 5.41) is 3.68. The van der Waals surface area contributed by atoms with Crippen LogP contribution in [0.1, 0.15) is 24.4 Å². The Morgan fingerprint density at radius 2 is 2.06 bits per heavy atom. The average Bonchev–Trinajstić information content (AvgIpc) is 2.77. The van der Waals surface area contributed by atoms with E-state index < -0.39 is 11.9 Å². The molecule has 1 atom stereocenters. The molecule has 0 radical (unpaired) electrons. The lowest BCUT2D eigenvalue weighted by atomic mass is 10.1. The van der Waals surface area contributed by atoms with Crippen molar-refractivity contribution < 1.29 is 17.7 Å². The molecule has 0 bridgehead atoms. The summed E-state index contributed by atoms with van der Waals surface area (Å²) in [6, 6.07) is 3.50. The molecule has 0 saturated heterocycles. The second-order valence-corrected chi connectivity index (χ2v) is 3.83. The van der Waals surface area contributed by atoms with Crippen molar-refractivity contribution in [2.75, 3.05) is 0 Å². The summed E-state index contributed by atoms with van der Waals surface area (Å²) in [4.78, 5) is 3.27. The number of pyridine rings is 1. The van der Waals surface area contributed by atoms with E-state index in [1.807, 2.05) is 0 Å². The van der Waals surface area contributed by atoms with Crippen LogP contribution in [-0.2, 0) is 6.18 Å². The van der Waals surface area contributed by atoms with E-state index >= 15 is 0 Å². The summed E-state index contributed by atoms with van der Waals surface area (Å²) in [6.45, 7) is 1.69. The Bertz CT molecular complexity index is 548. The monoisotopic (exact) mass is 257 g/mol. The highest BCUT2D eigenvalue weighted by molar-refractivity contribution is 5.59. The minimum Gasteiger partial charge on any atom is -0.359 e. The highest BCUT2D eigenvalue weighted by Gasteiger charge is 2.32. The summed E-state index contributed by atoms with van der Waals surface area (Å²) < 4.78 is 42.4. The van der Waals surface area contributed by atoms with Crippen molar-refractivity contribution in [2.24, 2.45) is 5.73 Å². The Kier molecular flexibility index (Phi) is 3.08. The maximum Gasteiger partial charge on any atom is 0.433 e. The van der Waals surface area contributed by atoms with E-state index in [9.17, 15) is 13.2 Å². The Morgan fingerprint density at radius 3 is 2.61 bits per heavy atom. The minimum atomic E-state index is -4.48. The van der Waals surface area contributed by atoms with Crippen LogP contribution in [0.15, 0.2) is 28.9 Å². The Balaban J connectivity index is 2.38. The van der Waals surface area contributed by atoms with Crippen LogP contribution in [0, 0.1) is 0 Å². The largest absolute Gasteiger partial charge is 0.433 e. The normalized spacial score (nSPS) is 13.6. The Labute approximate surface area is 101 Å². The van der Waals surface area contributed by atoms with Gasteiger partial charge in [0.25, 0.3) is 0 Å². The van der Waals surface area contributed by atoms with Crippen LogP contribution in [0.2, 0.25) is 0 Å². The molecule has 7 heteroatoms. The molecular formula is C11H10F3N3O. The first-order valence-corrected chi connectivity index (χ1v) is 5.14. The molecule has 0 spiro atoms. The predicted octanol–water partition coefficient (Wildman–Crippen LogP) is 2.78. The molecule has 2 aromatic heterocycles. The molecule has 0 aromatic carbocycles. The number of rotatable bonds is 2. The van der Waals surface area contributed by atoms with Gasteiger partial charge in [-0.15, -0.1) is 0 Å². The Hall–Kier alpha value is -1.89. The quantitative estimate of drug-likeness (QED) is 0.898. The van der Waals surface area contributed by atoms with E-state index in [0.29, 0.717) is 11.5 Å². The number of aromatic nitrogens is 2. The van der Waals surface area contributed by atoms with Gasteiger partial charge in [0, 0.05) is 17.8 Å². The maximum atomic E-state index is 12.5. The number of hydrogen-bond acceptors (Lipinski definition) is 4. The van der Waals surface area contributed by atoms with Gasteiger partial charge in [0.15, 0.2) is 5.76 Å². The van der Waals surface area contributed by atoms with Gasteiger partial charge in [-0.05, 0) is 19.1 Å². The molecule has 0 fully saturated rings. The van der Waals surface area contributed by atoms with Gasteiger partial charge in [-0.3, -0.25) is 4.98 Å². The molecule has 0 aliphatic carbocycles. The summed E-state index contributed by atoms with van der Waals surface area (Å²) >= 11 is 0. The first-order chi connectivity index (χ1) is 8.38. The van der Waals surface area contributed by atoms with Gasteiger partial charge in [-0.1, -0.05) is 5.16 Å². The van der Waals surface area contributed by atoms with Gasteiger partial charge in [-0.2, -0.15) is 13.2 Å². The molecule has 0 aliphatic rings. The van der Waals surface area contributed by atoms with Crippen molar-refractivity contribution in [1.29, 1.82) is 0 Å². The Morgan fingerprint density at radius 1 is 1.33 bits per heavy atom. The lowest BCUT2D eigenvalue weighted by molar-refractivity contribution is -0.141. The number of nitrogens with zero attached hydrogens (tertiary/aromatic N) is 2. The number of alkyl halides is 3. The summed E-state index contributed by atoms with van der Waals surface area (Å²) in [7, 11) is 0. The first kappa shape index (κ1) is 12.6. The third-order valence-corrected chi connectivity index (χ3v) is 2.32. The standard InChI is InChI=1S/C11H10F3N3O/c1-6(15)9-5-8(17-18-9)7-2-3-16-10(4-7)11(12,13)14/h2-6H,15H2,1H3/t6-/m1/s1. The van der Waals surface area contributed by atoms with Crippen LogP contribution >= 0.6 is 0 Å². The van der Waals surface area contributed by atoms with E-state index in [0.717, 1.165) is 12.3 Å². The lowest BCUT2D eigenvalue weighted by Gasteiger charge is -2.05. The van der Waals surface area contributed by atoms with Gasteiger partial charge >= 0.3 is 6.18 Å². The van der Waals surface area contributed by atoms with Crippen molar-refractivity contribution in [3.8, 4) is 11.3 Å². The van der Waals surface area contributed by atoms with E-state index in [4.69, 9.17) is 10.3 Å². The topological polar surface area (TPSA) is 64.9 Å². The van der Waals surface area contributed by atoms with Crippen molar-refractivity contribution in [3.05, 3.63) is 35.9 Å². The van der Waals surface area contributed by atoms with Crippen LogP contribution in [-0.4, -0.2) is 10.1 Å². The molecule has 0 amide bonds. The maximum absolute atomic E-state index is 12.5. The minimum absolute atomic E-state index is 0.285. The molecule has 0 saturated carbocycles. The lowest BCUT2D eigenvalue weighted by Crippen LogP contribution is -2.07. The highest BCUT2D eigenvalue weighted by atomic mass is 19.4. The van der Waals surface area contributed by atoms with E-state index in [1.54, 1.807) is 6.92 Å². The van der Waals surface area contributed by atoms with Crippen LogP contribution in [0.3, 0.4) is 0 Å². The van der Waals surface area contributed by atoms with E-state index in [2.05, 4.69) is 10.1 Å². The molecule has 2 aromatic rings. The summed E-state index contributed by atoms with van der Waals surface area (Å²) in [5.41, 5.74) is 5.20. The molecule has 2 rings (SSSR count). The zero-order valence-electron chi connectivity index (χ0n) is 9.40. The van der Waals surface area contributed by atoms with Crippen molar-refractivity contribution in [2.45, 2.75) is 19.1 Å². The number of halogens is 3. The molecule has 0 unspecified atom stereocenters. The fourth-order valence-corrected chi connectivity index (χ4v) is 1.38. The average molecular weight is 257 g/mol. The molecule has 2 heterocycles. The zero-order chi connectivity index (χ0) is 13.3. The molecule has 96 valence electrons. The molecule has 2 N–H and O–H groups in total. The highest BCUT2D eigenvalue weighted by Crippen LogP contribution is 2.30. The molecular weight excluding hydrogens is 247 g/mol. The smallest absolute Gasteiger partial charge is 0.359 e. The van der Waals surface area contributed by atoms with E-state index in [1.165, 1.54) is 12.1 Å². The van der Waals surface area contributed by atoms with Gasteiger partial charge in [0.2, 0.25) is 0 Å². The first-order valence-electron chi connectivity index (χ1n) is 5.14. The van der Waals surface area contributed by atoms with Crippen molar-refractivity contribution in [1.82, 2.24) is 10.1 Å². The molecule has 18 heavy (non-hydrogen) atoms. The van der Waals surface area contributed by atoms with Gasteiger partial charge in [-0.25, -0.2) is 0 Å². The van der Waals surface area contributed by atoms with Crippen LogP contribution in [0.25, 0.3) is 11.3 Å². The van der Waals surface area contributed by atoms with Gasteiger partial charge in [0.05, 0.1) is 6.04 Å². The number of hydrogen-bond donors (Lipinski definition) is 1. The fourth-order valence-electron chi connectivity index (χ4n) is 1.38. The molecule has 4 nitrogen and oxygen atoms in total. The van der Waals surface area contributed by atoms with Crippen LogP contribution in [0.4, 0.5) is 13.2 Å².